The molecule has 218 valence electrons. The van der Waals surface area contributed by atoms with Crippen molar-refractivity contribution in [1.82, 2.24) is 10.2 Å². The summed E-state index contributed by atoms with van der Waals surface area (Å²) in [5, 5.41) is 3.14. The first-order chi connectivity index (χ1) is 19.6. The Morgan fingerprint density at radius 1 is 0.951 bits per heavy atom. The molecule has 1 N–H and O–H groups in total. The first-order valence-corrected chi connectivity index (χ1v) is 16.6. The van der Waals surface area contributed by atoms with E-state index in [2.05, 4.69) is 27.9 Å². The summed E-state index contributed by atoms with van der Waals surface area (Å²) in [5.41, 5.74) is 1.41. The SMILES string of the molecule is CS(=O)(=O)N(CC(=O)N(Cc1ccccc1F)[C@H](Cc1ccccc1)C(=O)NC1CCCCC1)c1ccc(I)cc1. The number of carbonyl (C=O) groups is 2. The Morgan fingerprint density at radius 2 is 1.59 bits per heavy atom. The van der Waals surface area contributed by atoms with Crippen molar-refractivity contribution in [2.45, 2.75) is 57.2 Å². The number of carbonyl (C=O) groups excluding carboxylic acids is 2. The molecule has 1 fully saturated rings. The highest BCUT2D eigenvalue weighted by Crippen LogP contribution is 2.23. The maximum atomic E-state index is 14.9. The number of hydrogen-bond donors (Lipinski definition) is 1. The van der Waals surface area contributed by atoms with E-state index in [0.717, 1.165) is 51.8 Å². The highest BCUT2D eigenvalue weighted by atomic mass is 127. The molecular formula is C31H35FIN3O4S. The number of nitrogens with zero attached hydrogens (tertiary/aromatic N) is 2. The van der Waals surface area contributed by atoms with Crippen LogP contribution in [0.25, 0.3) is 0 Å². The summed E-state index contributed by atoms with van der Waals surface area (Å²) < 4.78 is 42.5. The van der Waals surface area contributed by atoms with E-state index < -0.39 is 34.3 Å². The first kappa shape index (κ1) is 31.0. The normalized spacial score (nSPS) is 14.7. The molecule has 0 radical (unpaired) electrons. The summed E-state index contributed by atoms with van der Waals surface area (Å²) in [6.45, 7) is -0.721. The van der Waals surface area contributed by atoms with Gasteiger partial charge in [-0.1, -0.05) is 67.8 Å². The van der Waals surface area contributed by atoms with Crippen LogP contribution in [0.15, 0.2) is 78.9 Å². The number of nitrogens with one attached hydrogen (secondary N) is 1. The van der Waals surface area contributed by atoms with Gasteiger partial charge in [0.15, 0.2) is 0 Å². The zero-order valence-electron chi connectivity index (χ0n) is 23.0. The molecule has 4 rings (SSSR count). The van der Waals surface area contributed by atoms with Gasteiger partial charge in [0.25, 0.3) is 0 Å². The molecule has 1 aliphatic rings. The number of benzene rings is 3. The number of halogens is 2. The van der Waals surface area contributed by atoms with Crippen molar-refractivity contribution in [3.05, 3.63) is 99.4 Å². The van der Waals surface area contributed by atoms with Crippen LogP contribution in [0.1, 0.15) is 43.2 Å². The fraction of sp³-hybridized carbons (Fsp3) is 0.355. The van der Waals surface area contributed by atoms with Crippen LogP contribution in [-0.4, -0.2) is 50.0 Å². The van der Waals surface area contributed by atoms with Crippen LogP contribution in [0.2, 0.25) is 0 Å². The van der Waals surface area contributed by atoms with Crippen LogP contribution in [0.4, 0.5) is 10.1 Å². The second-order valence-electron chi connectivity index (χ2n) is 10.4. The number of amides is 2. The van der Waals surface area contributed by atoms with Crippen molar-refractivity contribution < 1.29 is 22.4 Å². The van der Waals surface area contributed by atoms with E-state index in [1.165, 1.54) is 11.0 Å². The molecule has 0 bridgehead atoms. The summed E-state index contributed by atoms with van der Waals surface area (Å²) in [4.78, 5) is 29.3. The monoisotopic (exact) mass is 691 g/mol. The third-order valence-electron chi connectivity index (χ3n) is 7.31. The molecule has 0 aliphatic heterocycles. The smallest absolute Gasteiger partial charge is 0.244 e. The van der Waals surface area contributed by atoms with Crippen LogP contribution < -0.4 is 9.62 Å². The minimum Gasteiger partial charge on any atom is -0.352 e. The number of anilines is 1. The van der Waals surface area contributed by atoms with Crippen LogP contribution in [0.3, 0.4) is 0 Å². The molecule has 1 atom stereocenters. The lowest BCUT2D eigenvalue weighted by Crippen LogP contribution is -2.55. The molecular weight excluding hydrogens is 656 g/mol. The lowest BCUT2D eigenvalue weighted by atomic mass is 9.94. The average molecular weight is 692 g/mol. The predicted octanol–water partition coefficient (Wildman–Crippen LogP) is 5.29. The Bertz CT molecular complexity index is 1430. The molecule has 10 heteroatoms. The number of rotatable bonds is 11. The molecule has 0 unspecified atom stereocenters. The van der Waals surface area contributed by atoms with E-state index >= 15 is 0 Å². The van der Waals surface area contributed by atoms with Crippen molar-refractivity contribution in [2.75, 3.05) is 17.1 Å². The predicted molar refractivity (Wildman–Crippen MR) is 167 cm³/mol. The zero-order valence-corrected chi connectivity index (χ0v) is 26.0. The van der Waals surface area contributed by atoms with Gasteiger partial charge in [-0.25, -0.2) is 12.8 Å². The standard InChI is InChI=1S/C31H35FIN3O4S/c1-41(39,40)36(27-18-16-25(33)17-19-27)22-30(37)35(21-24-12-8-9-15-28(24)32)29(20-23-10-4-2-5-11-23)31(38)34-26-13-6-3-7-14-26/h2,4-5,8-12,15-19,26,29H,3,6-7,13-14,20-22H2,1H3,(H,34,38)/t29-/m1/s1. The maximum Gasteiger partial charge on any atom is 0.244 e. The van der Waals surface area contributed by atoms with Crippen molar-refractivity contribution in [3.8, 4) is 0 Å². The molecule has 0 saturated heterocycles. The third kappa shape index (κ3) is 8.75. The molecule has 2 amide bonds. The van der Waals surface area contributed by atoms with Crippen LogP contribution in [-0.2, 0) is 32.6 Å². The molecule has 0 aromatic heterocycles. The molecule has 0 heterocycles. The quantitative estimate of drug-likeness (QED) is 0.277. The molecule has 3 aromatic rings. The second kappa shape index (κ2) is 14.3. The summed E-state index contributed by atoms with van der Waals surface area (Å²) in [6.07, 6.45) is 6.12. The van der Waals surface area contributed by atoms with Crippen molar-refractivity contribution in [2.24, 2.45) is 0 Å². The van der Waals surface area contributed by atoms with Gasteiger partial charge < -0.3 is 10.2 Å². The second-order valence-corrected chi connectivity index (χ2v) is 13.6. The van der Waals surface area contributed by atoms with E-state index in [4.69, 9.17) is 0 Å². The zero-order chi connectivity index (χ0) is 29.4. The van der Waals surface area contributed by atoms with Gasteiger partial charge in [-0.3, -0.25) is 13.9 Å². The summed E-state index contributed by atoms with van der Waals surface area (Å²) in [7, 11) is -3.86. The highest BCUT2D eigenvalue weighted by molar-refractivity contribution is 14.1. The molecule has 1 aliphatic carbocycles. The van der Waals surface area contributed by atoms with Crippen molar-refractivity contribution in [3.63, 3.8) is 0 Å². The van der Waals surface area contributed by atoms with Crippen LogP contribution >= 0.6 is 22.6 Å². The topological polar surface area (TPSA) is 86.8 Å². The summed E-state index contributed by atoms with van der Waals surface area (Å²) >= 11 is 2.12. The highest BCUT2D eigenvalue weighted by Gasteiger charge is 2.34. The van der Waals surface area contributed by atoms with E-state index in [-0.39, 0.29) is 30.5 Å². The van der Waals surface area contributed by atoms with Gasteiger partial charge in [0, 0.05) is 28.1 Å². The first-order valence-electron chi connectivity index (χ1n) is 13.7. The number of hydrogen-bond acceptors (Lipinski definition) is 4. The van der Waals surface area contributed by atoms with Gasteiger partial charge in [-0.2, -0.15) is 0 Å². The Labute approximate surface area is 255 Å². The van der Waals surface area contributed by atoms with Gasteiger partial charge in [0.2, 0.25) is 21.8 Å². The summed E-state index contributed by atoms with van der Waals surface area (Å²) in [5.74, 6) is -1.43. The molecule has 7 nitrogen and oxygen atoms in total. The van der Waals surface area contributed by atoms with E-state index in [9.17, 15) is 22.4 Å². The van der Waals surface area contributed by atoms with Gasteiger partial charge in [0.1, 0.15) is 18.4 Å². The van der Waals surface area contributed by atoms with Gasteiger partial charge >= 0.3 is 0 Å². The van der Waals surface area contributed by atoms with Gasteiger partial charge in [0.05, 0.1) is 11.9 Å². The van der Waals surface area contributed by atoms with E-state index in [1.807, 2.05) is 30.3 Å². The minimum atomic E-state index is -3.86. The van der Waals surface area contributed by atoms with E-state index in [1.54, 1.807) is 42.5 Å². The Hall–Kier alpha value is -2.99. The van der Waals surface area contributed by atoms with Crippen molar-refractivity contribution in [1.29, 1.82) is 0 Å². The molecule has 41 heavy (non-hydrogen) atoms. The summed E-state index contributed by atoms with van der Waals surface area (Å²) in [6, 6.07) is 21.2. The van der Waals surface area contributed by atoms with E-state index in [0.29, 0.717) is 5.69 Å². The largest absolute Gasteiger partial charge is 0.352 e. The number of sulfonamides is 1. The van der Waals surface area contributed by atoms with Crippen LogP contribution in [0.5, 0.6) is 0 Å². The van der Waals surface area contributed by atoms with Gasteiger partial charge in [-0.05, 0) is 71.3 Å². The Morgan fingerprint density at radius 3 is 2.22 bits per heavy atom. The minimum absolute atomic E-state index is 0.000698. The molecule has 3 aromatic carbocycles. The lowest BCUT2D eigenvalue weighted by Gasteiger charge is -2.35. The fourth-order valence-electron chi connectivity index (χ4n) is 5.13. The van der Waals surface area contributed by atoms with Crippen LogP contribution in [0, 0.1) is 9.39 Å². The lowest BCUT2D eigenvalue weighted by molar-refractivity contribution is -0.140. The molecule has 1 saturated carbocycles. The maximum absolute atomic E-state index is 14.9. The Kier molecular flexibility index (Phi) is 10.8. The Balaban J connectivity index is 1.72. The third-order valence-corrected chi connectivity index (χ3v) is 9.17. The van der Waals surface area contributed by atoms with Crippen molar-refractivity contribution >= 4 is 50.1 Å². The average Bonchev–Trinajstić information content (AvgIpc) is 2.95. The molecule has 0 spiro atoms. The van der Waals surface area contributed by atoms with Gasteiger partial charge in [-0.15, -0.1) is 0 Å². The fourth-order valence-corrected chi connectivity index (χ4v) is 6.34.